The first kappa shape index (κ1) is 15.0. The molecule has 0 aromatic heterocycles. The zero-order valence-electron chi connectivity index (χ0n) is 10.6. The van der Waals surface area contributed by atoms with Crippen molar-refractivity contribution in [3.8, 4) is 0 Å². The van der Waals surface area contributed by atoms with Gasteiger partial charge in [-0.3, -0.25) is 14.9 Å². The van der Waals surface area contributed by atoms with Crippen molar-refractivity contribution in [3.05, 3.63) is 39.7 Å². The maximum atomic E-state index is 13.6. The van der Waals surface area contributed by atoms with Crippen molar-refractivity contribution in [2.24, 2.45) is 5.92 Å². The summed E-state index contributed by atoms with van der Waals surface area (Å²) < 4.78 is 13.6. The summed E-state index contributed by atoms with van der Waals surface area (Å²) in [5.74, 6) is -1.69. The van der Waals surface area contributed by atoms with Crippen LogP contribution in [0.25, 0.3) is 0 Å². The van der Waals surface area contributed by atoms with Gasteiger partial charge in [0.25, 0.3) is 11.6 Å². The molecule has 0 unspecified atom stereocenters. The Labute approximate surface area is 109 Å². The molecule has 0 bridgehead atoms. The minimum atomic E-state index is -0.966. The summed E-state index contributed by atoms with van der Waals surface area (Å²) in [7, 11) is 0. The molecule has 1 aromatic carbocycles. The van der Waals surface area contributed by atoms with Crippen LogP contribution in [0.3, 0.4) is 0 Å². The Morgan fingerprint density at radius 2 is 2.16 bits per heavy atom. The van der Waals surface area contributed by atoms with E-state index in [-0.39, 0.29) is 18.1 Å². The second kappa shape index (κ2) is 6.24. The number of aliphatic hydroxyl groups is 1. The van der Waals surface area contributed by atoms with E-state index in [1.165, 1.54) is 0 Å². The van der Waals surface area contributed by atoms with Gasteiger partial charge < -0.3 is 10.4 Å². The number of carbonyl (C=O) groups excluding carboxylic acids is 1. The van der Waals surface area contributed by atoms with Gasteiger partial charge in [-0.05, 0) is 12.0 Å². The number of aliphatic hydroxyl groups excluding tert-OH is 1. The minimum Gasteiger partial charge on any atom is -0.394 e. The first-order valence-corrected chi connectivity index (χ1v) is 5.72. The highest BCUT2D eigenvalue weighted by atomic mass is 19.1. The Bertz CT molecular complexity index is 491. The lowest BCUT2D eigenvalue weighted by Crippen LogP contribution is -2.41. The number of amides is 1. The SMILES string of the molecule is CC(C)[C@@H](CO)NC(=O)c1ccc([N+](=O)[O-])cc1F. The van der Waals surface area contributed by atoms with E-state index >= 15 is 0 Å². The number of nitro groups is 1. The Morgan fingerprint density at radius 3 is 2.58 bits per heavy atom. The van der Waals surface area contributed by atoms with Crippen molar-refractivity contribution in [2.75, 3.05) is 6.61 Å². The maximum absolute atomic E-state index is 13.6. The second-order valence-corrected chi connectivity index (χ2v) is 4.43. The first-order valence-electron chi connectivity index (χ1n) is 5.72. The summed E-state index contributed by atoms with van der Waals surface area (Å²) in [6.45, 7) is 3.33. The quantitative estimate of drug-likeness (QED) is 0.626. The number of carbonyl (C=O) groups is 1. The van der Waals surface area contributed by atoms with Gasteiger partial charge in [0.15, 0.2) is 0 Å². The Morgan fingerprint density at radius 1 is 1.53 bits per heavy atom. The van der Waals surface area contributed by atoms with Crippen LogP contribution in [0.15, 0.2) is 18.2 Å². The van der Waals surface area contributed by atoms with Crippen LogP contribution in [-0.2, 0) is 0 Å². The number of hydrogen-bond acceptors (Lipinski definition) is 4. The third-order valence-electron chi connectivity index (χ3n) is 2.73. The molecule has 2 N–H and O–H groups in total. The third kappa shape index (κ3) is 3.72. The number of nitro benzene ring substituents is 1. The molecule has 0 saturated carbocycles. The zero-order valence-corrected chi connectivity index (χ0v) is 10.6. The lowest BCUT2D eigenvalue weighted by molar-refractivity contribution is -0.385. The number of benzene rings is 1. The lowest BCUT2D eigenvalue weighted by Gasteiger charge is -2.19. The Kier molecular flexibility index (Phi) is 4.94. The fraction of sp³-hybridized carbons (Fsp3) is 0.417. The zero-order chi connectivity index (χ0) is 14.6. The van der Waals surface area contributed by atoms with E-state index in [0.717, 1.165) is 12.1 Å². The van der Waals surface area contributed by atoms with E-state index in [1.807, 2.05) is 0 Å². The predicted molar refractivity (Wildman–Crippen MR) is 66.2 cm³/mol. The summed E-state index contributed by atoms with van der Waals surface area (Å²) in [6.07, 6.45) is 0. The molecule has 0 heterocycles. The molecule has 0 aliphatic rings. The van der Waals surface area contributed by atoms with E-state index in [4.69, 9.17) is 5.11 Å². The fourth-order valence-electron chi connectivity index (χ4n) is 1.47. The molecule has 104 valence electrons. The molecule has 1 aromatic rings. The van der Waals surface area contributed by atoms with Gasteiger partial charge in [-0.15, -0.1) is 0 Å². The Hall–Kier alpha value is -2.02. The van der Waals surface area contributed by atoms with Gasteiger partial charge in [0.2, 0.25) is 0 Å². The number of halogens is 1. The minimum absolute atomic E-state index is 0.0185. The lowest BCUT2D eigenvalue weighted by atomic mass is 10.0. The van der Waals surface area contributed by atoms with Crippen molar-refractivity contribution in [3.63, 3.8) is 0 Å². The average Bonchev–Trinajstić information content (AvgIpc) is 2.34. The van der Waals surface area contributed by atoms with E-state index < -0.39 is 28.4 Å². The van der Waals surface area contributed by atoms with E-state index in [1.54, 1.807) is 13.8 Å². The van der Waals surface area contributed by atoms with E-state index in [0.29, 0.717) is 6.07 Å². The smallest absolute Gasteiger partial charge is 0.272 e. The van der Waals surface area contributed by atoms with Crippen LogP contribution in [-0.4, -0.2) is 28.6 Å². The van der Waals surface area contributed by atoms with Gasteiger partial charge in [-0.1, -0.05) is 13.8 Å². The van der Waals surface area contributed by atoms with E-state index in [9.17, 15) is 19.3 Å². The normalized spacial score (nSPS) is 12.3. The molecule has 0 fully saturated rings. The fourth-order valence-corrected chi connectivity index (χ4v) is 1.47. The molecule has 1 amide bonds. The topological polar surface area (TPSA) is 92.5 Å². The molecule has 6 nitrogen and oxygen atoms in total. The summed E-state index contributed by atoms with van der Waals surface area (Å²) in [5.41, 5.74) is -0.707. The van der Waals surface area contributed by atoms with Crippen LogP contribution in [0.4, 0.5) is 10.1 Å². The van der Waals surface area contributed by atoms with Crippen molar-refractivity contribution >= 4 is 11.6 Å². The van der Waals surface area contributed by atoms with Crippen molar-refractivity contribution in [1.29, 1.82) is 0 Å². The van der Waals surface area contributed by atoms with Gasteiger partial charge >= 0.3 is 0 Å². The van der Waals surface area contributed by atoms with Crippen LogP contribution < -0.4 is 5.32 Å². The standard InChI is InChI=1S/C12H15FN2O4/c1-7(2)11(6-16)14-12(17)9-4-3-8(15(18)19)5-10(9)13/h3-5,7,11,16H,6H2,1-2H3,(H,14,17)/t11-/m1/s1. The summed E-state index contributed by atoms with van der Waals surface area (Å²) in [5, 5.41) is 22.0. The summed E-state index contributed by atoms with van der Waals surface area (Å²) in [4.78, 5) is 21.5. The van der Waals surface area contributed by atoms with Gasteiger partial charge in [0.1, 0.15) is 5.82 Å². The van der Waals surface area contributed by atoms with Gasteiger partial charge in [0, 0.05) is 6.07 Å². The number of nitrogens with zero attached hydrogens (tertiary/aromatic N) is 1. The van der Waals surface area contributed by atoms with Crippen molar-refractivity contribution < 1.29 is 19.2 Å². The highest BCUT2D eigenvalue weighted by molar-refractivity contribution is 5.94. The highest BCUT2D eigenvalue weighted by Crippen LogP contribution is 2.16. The van der Waals surface area contributed by atoms with Gasteiger partial charge in [-0.2, -0.15) is 0 Å². The van der Waals surface area contributed by atoms with Crippen LogP contribution >= 0.6 is 0 Å². The highest BCUT2D eigenvalue weighted by Gasteiger charge is 2.20. The molecule has 19 heavy (non-hydrogen) atoms. The van der Waals surface area contributed by atoms with Crippen molar-refractivity contribution in [1.82, 2.24) is 5.32 Å². The Balaban J connectivity index is 2.91. The number of non-ortho nitro benzene ring substituents is 1. The van der Waals surface area contributed by atoms with Crippen LogP contribution in [0, 0.1) is 21.8 Å². The number of rotatable bonds is 5. The molecule has 0 spiro atoms. The molecule has 0 aliphatic heterocycles. The molecule has 0 radical (unpaired) electrons. The molecule has 0 aliphatic carbocycles. The predicted octanol–water partition coefficient (Wildman–Crippen LogP) is 1.48. The first-order chi connectivity index (χ1) is 8.86. The average molecular weight is 270 g/mol. The molecule has 1 atom stereocenters. The molecule has 7 heteroatoms. The second-order valence-electron chi connectivity index (χ2n) is 4.43. The van der Waals surface area contributed by atoms with Gasteiger partial charge in [0.05, 0.1) is 29.2 Å². The number of hydrogen-bond donors (Lipinski definition) is 2. The summed E-state index contributed by atoms with van der Waals surface area (Å²) >= 11 is 0. The molecule has 1 rings (SSSR count). The third-order valence-corrected chi connectivity index (χ3v) is 2.73. The monoisotopic (exact) mass is 270 g/mol. The van der Waals surface area contributed by atoms with Crippen LogP contribution in [0.1, 0.15) is 24.2 Å². The van der Waals surface area contributed by atoms with Gasteiger partial charge in [-0.25, -0.2) is 4.39 Å². The van der Waals surface area contributed by atoms with Crippen LogP contribution in [0.2, 0.25) is 0 Å². The molecular formula is C12H15FN2O4. The van der Waals surface area contributed by atoms with Crippen LogP contribution in [0.5, 0.6) is 0 Å². The molecule has 0 saturated heterocycles. The van der Waals surface area contributed by atoms with Crippen molar-refractivity contribution in [2.45, 2.75) is 19.9 Å². The largest absolute Gasteiger partial charge is 0.394 e. The summed E-state index contributed by atoms with van der Waals surface area (Å²) in [6, 6.07) is 2.30. The van der Waals surface area contributed by atoms with E-state index in [2.05, 4.69) is 5.32 Å². The number of nitrogens with one attached hydrogen (secondary N) is 1. The maximum Gasteiger partial charge on any atom is 0.272 e. The molecular weight excluding hydrogens is 255 g/mol.